The van der Waals surface area contributed by atoms with Gasteiger partial charge >= 0.3 is 0 Å². The van der Waals surface area contributed by atoms with E-state index in [1.165, 1.54) is 6.07 Å². The molecule has 11 heteroatoms. The van der Waals surface area contributed by atoms with Gasteiger partial charge < -0.3 is 5.32 Å². The largest absolute Gasteiger partial charge is 0.383 e. The molecule has 1 unspecified atom stereocenters. The fraction of sp³-hybridized carbons (Fsp3) is 0.375. The van der Waals surface area contributed by atoms with Gasteiger partial charge in [-0.2, -0.15) is 0 Å². The van der Waals surface area contributed by atoms with Crippen LogP contribution in [0.2, 0.25) is 0 Å². The average molecular weight is 374 g/mol. The van der Waals surface area contributed by atoms with E-state index in [2.05, 4.69) is 20.7 Å². The number of amides is 4. The van der Waals surface area contributed by atoms with Crippen LogP contribution in [0, 0.1) is 5.82 Å². The van der Waals surface area contributed by atoms with E-state index in [4.69, 9.17) is 5.53 Å². The molecule has 27 heavy (non-hydrogen) atoms. The lowest BCUT2D eigenvalue weighted by Crippen LogP contribution is -2.54. The first-order chi connectivity index (χ1) is 12.9. The van der Waals surface area contributed by atoms with E-state index < -0.39 is 35.5 Å². The van der Waals surface area contributed by atoms with Crippen LogP contribution in [0.5, 0.6) is 0 Å². The summed E-state index contributed by atoms with van der Waals surface area (Å²) in [6.07, 6.45) is 0.495. The van der Waals surface area contributed by atoms with Gasteiger partial charge in [0.25, 0.3) is 11.8 Å². The highest BCUT2D eigenvalue weighted by Crippen LogP contribution is 2.31. The number of hydrogen-bond donors (Lipinski definition) is 2. The predicted molar refractivity (Wildman–Crippen MR) is 90.2 cm³/mol. The molecular formula is C16H15FN6O4. The van der Waals surface area contributed by atoms with Gasteiger partial charge in [0, 0.05) is 24.4 Å². The van der Waals surface area contributed by atoms with Crippen molar-refractivity contribution in [3.8, 4) is 0 Å². The van der Waals surface area contributed by atoms with Crippen molar-refractivity contribution in [2.75, 3.05) is 18.4 Å². The van der Waals surface area contributed by atoms with Crippen molar-refractivity contribution >= 4 is 29.3 Å². The van der Waals surface area contributed by atoms with Gasteiger partial charge in [0.2, 0.25) is 11.8 Å². The number of halogens is 1. The second-order valence-electron chi connectivity index (χ2n) is 6.06. The molecule has 1 saturated heterocycles. The molecule has 4 amide bonds. The minimum absolute atomic E-state index is 0.0101. The third-order valence-electron chi connectivity index (χ3n) is 4.34. The van der Waals surface area contributed by atoms with E-state index in [-0.39, 0.29) is 36.2 Å². The smallest absolute Gasteiger partial charge is 0.262 e. The highest BCUT2D eigenvalue weighted by atomic mass is 19.1. The molecule has 140 valence electrons. The number of imide groups is 2. The van der Waals surface area contributed by atoms with Crippen molar-refractivity contribution in [3.05, 3.63) is 39.5 Å². The lowest BCUT2D eigenvalue weighted by Gasteiger charge is -2.27. The fourth-order valence-electron chi connectivity index (χ4n) is 3.04. The summed E-state index contributed by atoms with van der Waals surface area (Å²) in [6, 6.07) is 1.08. The van der Waals surface area contributed by atoms with Gasteiger partial charge in [0.1, 0.15) is 11.9 Å². The van der Waals surface area contributed by atoms with Crippen molar-refractivity contribution in [2.24, 2.45) is 5.11 Å². The first-order valence-electron chi connectivity index (χ1n) is 8.24. The number of carbonyl (C=O) groups is 4. The van der Waals surface area contributed by atoms with Gasteiger partial charge in [0.05, 0.1) is 16.8 Å². The molecule has 2 heterocycles. The van der Waals surface area contributed by atoms with Gasteiger partial charge in [-0.15, -0.1) is 0 Å². The zero-order valence-electron chi connectivity index (χ0n) is 14.1. The van der Waals surface area contributed by atoms with E-state index >= 15 is 0 Å². The molecule has 10 nitrogen and oxygen atoms in total. The van der Waals surface area contributed by atoms with Crippen molar-refractivity contribution in [3.63, 3.8) is 0 Å². The summed E-state index contributed by atoms with van der Waals surface area (Å²) in [5.41, 5.74) is 8.10. The topological polar surface area (TPSA) is 144 Å². The zero-order valence-corrected chi connectivity index (χ0v) is 14.1. The number of rotatable bonds is 6. The molecule has 0 bridgehead atoms. The molecule has 0 spiro atoms. The summed E-state index contributed by atoms with van der Waals surface area (Å²) < 4.78 is 14.3. The summed E-state index contributed by atoms with van der Waals surface area (Å²) in [5, 5.41) is 8.24. The Morgan fingerprint density at radius 3 is 2.63 bits per heavy atom. The number of piperidine rings is 1. The average Bonchev–Trinajstić information content (AvgIpc) is 2.86. The minimum Gasteiger partial charge on any atom is -0.383 e. The summed E-state index contributed by atoms with van der Waals surface area (Å²) in [7, 11) is 0. The van der Waals surface area contributed by atoms with Crippen LogP contribution in [0.25, 0.3) is 10.4 Å². The summed E-state index contributed by atoms with van der Waals surface area (Å²) in [4.78, 5) is 51.8. The molecule has 2 aliphatic rings. The van der Waals surface area contributed by atoms with E-state index in [1.54, 1.807) is 0 Å². The second-order valence-corrected chi connectivity index (χ2v) is 6.06. The van der Waals surface area contributed by atoms with Crippen LogP contribution in [-0.2, 0) is 9.59 Å². The Bertz CT molecular complexity index is 895. The van der Waals surface area contributed by atoms with Gasteiger partial charge in [-0.05, 0) is 30.5 Å². The maximum Gasteiger partial charge on any atom is 0.262 e. The van der Waals surface area contributed by atoms with Gasteiger partial charge in [-0.25, -0.2) is 4.39 Å². The number of benzene rings is 1. The lowest BCUT2D eigenvalue weighted by atomic mass is 10.0. The number of fused-ring (bicyclic) bond motifs is 1. The molecular weight excluding hydrogens is 359 g/mol. The summed E-state index contributed by atoms with van der Waals surface area (Å²) >= 11 is 0. The normalized spacial score (nSPS) is 18.9. The Morgan fingerprint density at radius 2 is 1.96 bits per heavy atom. The van der Waals surface area contributed by atoms with E-state index in [1.807, 2.05) is 0 Å². The quantitative estimate of drug-likeness (QED) is 0.254. The van der Waals surface area contributed by atoms with E-state index in [0.29, 0.717) is 13.0 Å². The van der Waals surface area contributed by atoms with Crippen LogP contribution in [0.1, 0.15) is 40.0 Å². The number of carbonyl (C=O) groups excluding carboxylic acids is 4. The molecule has 0 aliphatic carbocycles. The maximum atomic E-state index is 14.3. The number of anilines is 1. The fourth-order valence-corrected chi connectivity index (χ4v) is 3.04. The summed E-state index contributed by atoms with van der Waals surface area (Å²) in [5.74, 6) is -3.38. The SMILES string of the molecule is [N-]=[N+]=NCCCNc1cc2c(cc1F)C(=O)N(C1CCC(=O)NC1=O)C2=O. The second kappa shape index (κ2) is 7.42. The van der Waals surface area contributed by atoms with Crippen LogP contribution in [0.4, 0.5) is 10.1 Å². The number of nitrogens with one attached hydrogen (secondary N) is 2. The Balaban J connectivity index is 1.80. The number of nitrogens with zero attached hydrogens (tertiary/aromatic N) is 4. The van der Waals surface area contributed by atoms with Crippen LogP contribution in [0.3, 0.4) is 0 Å². The Kier molecular flexibility index (Phi) is 5.04. The molecule has 2 aliphatic heterocycles. The molecule has 0 saturated carbocycles. The first kappa shape index (κ1) is 18.3. The molecule has 1 aromatic rings. The lowest BCUT2D eigenvalue weighted by molar-refractivity contribution is -0.136. The van der Waals surface area contributed by atoms with Gasteiger partial charge in [-0.1, -0.05) is 5.11 Å². The van der Waals surface area contributed by atoms with E-state index in [9.17, 15) is 23.6 Å². The molecule has 0 radical (unpaired) electrons. The van der Waals surface area contributed by atoms with Crippen molar-refractivity contribution < 1.29 is 23.6 Å². The monoisotopic (exact) mass is 374 g/mol. The standard InChI is InChI=1S/C16H15FN6O4/c17-10-6-8-9(7-11(10)19-4-1-5-20-22-18)16(27)23(15(8)26)12-2-3-13(24)21-14(12)25/h6-7,12,19H,1-5H2,(H,21,24,25). The third kappa shape index (κ3) is 3.44. The third-order valence-corrected chi connectivity index (χ3v) is 4.34. The molecule has 3 rings (SSSR count). The van der Waals surface area contributed by atoms with Crippen LogP contribution in [0.15, 0.2) is 17.2 Å². The van der Waals surface area contributed by atoms with Gasteiger partial charge in [0.15, 0.2) is 0 Å². The van der Waals surface area contributed by atoms with Crippen molar-refractivity contribution in [2.45, 2.75) is 25.3 Å². The Hall–Kier alpha value is -3.46. The summed E-state index contributed by atoms with van der Waals surface area (Å²) in [6.45, 7) is 0.532. The van der Waals surface area contributed by atoms with Crippen LogP contribution < -0.4 is 10.6 Å². The maximum absolute atomic E-state index is 14.3. The first-order valence-corrected chi connectivity index (χ1v) is 8.24. The molecule has 1 fully saturated rings. The number of hydrogen-bond acceptors (Lipinski definition) is 6. The predicted octanol–water partition coefficient (Wildman–Crippen LogP) is 1.34. The molecule has 1 aromatic carbocycles. The van der Waals surface area contributed by atoms with Gasteiger partial charge in [-0.3, -0.25) is 29.4 Å². The van der Waals surface area contributed by atoms with Crippen LogP contribution in [-0.4, -0.2) is 47.7 Å². The number of azide groups is 1. The van der Waals surface area contributed by atoms with Crippen molar-refractivity contribution in [1.29, 1.82) is 0 Å². The Labute approximate surface area is 152 Å². The molecule has 0 aromatic heterocycles. The van der Waals surface area contributed by atoms with Crippen LogP contribution >= 0.6 is 0 Å². The van der Waals surface area contributed by atoms with Crippen molar-refractivity contribution in [1.82, 2.24) is 10.2 Å². The highest BCUT2D eigenvalue weighted by molar-refractivity contribution is 6.23. The highest BCUT2D eigenvalue weighted by Gasteiger charge is 2.45. The molecule has 2 N–H and O–H groups in total. The Morgan fingerprint density at radius 1 is 1.26 bits per heavy atom. The van der Waals surface area contributed by atoms with E-state index in [0.717, 1.165) is 11.0 Å². The zero-order chi connectivity index (χ0) is 19.6. The molecule has 1 atom stereocenters. The minimum atomic E-state index is -1.10.